The van der Waals surface area contributed by atoms with Crippen molar-refractivity contribution < 1.29 is 10.2 Å². The van der Waals surface area contributed by atoms with Gasteiger partial charge in [0.25, 0.3) is 0 Å². The van der Waals surface area contributed by atoms with Crippen LogP contribution in [0.2, 0.25) is 0 Å². The third kappa shape index (κ3) is 2.63. The molecule has 0 aromatic heterocycles. The molecule has 1 atom stereocenters. The second kappa shape index (κ2) is 4.25. The van der Waals surface area contributed by atoms with Gasteiger partial charge in [0.15, 0.2) is 0 Å². The molecule has 0 fully saturated rings. The van der Waals surface area contributed by atoms with Gasteiger partial charge in [0.05, 0.1) is 12.2 Å². The highest BCUT2D eigenvalue weighted by Gasteiger charge is 2.47. The van der Waals surface area contributed by atoms with Crippen LogP contribution in [-0.4, -0.2) is 22.4 Å². The maximum atomic E-state index is 11.0. The topological polar surface area (TPSA) is 40.5 Å². The van der Waals surface area contributed by atoms with Crippen molar-refractivity contribution in [2.45, 2.75) is 53.6 Å². The van der Waals surface area contributed by atoms with Crippen molar-refractivity contribution in [1.82, 2.24) is 0 Å². The monoisotopic (exact) mass is 238 g/mol. The predicted octanol–water partition coefficient (Wildman–Crippen LogP) is 3.06. The van der Waals surface area contributed by atoms with Gasteiger partial charge in [-0.1, -0.05) is 53.7 Å². The van der Waals surface area contributed by atoms with E-state index in [2.05, 4.69) is 41.5 Å². The highest BCUT2D eigenvalue weighted by molar-refractivity contribution is 5.39. The molecule has 1 aliphatic rings. The summed E-state index contributed by atoms with van der Waals surface area (Å²) in [5, 5.41) is 20.3. The van der Waals surface area contributed by atoms with E-state index in [-0.39, 0.29) is 17.4 Å². The van der Waals surface area contributed by atoms with E-state index in [0.717, 1.165) is 11.1 Å². The number of hydrogen-bond donors (Lipinski definition) is 2. The van der Waals surface area contributed by atoms with E-state index in [1.165, 1.54) is 0 Å². The van der Waals surface area contributed by atoms with E-state index >= 15 is 0 Å². The first-order valence-electron chi connectivity index (χ1n) is 6.27. The molecule has 0 saturated heterocycles. The normalized spacial score (nSPS) is 26.6. The van der Waals surface area contributed by atoms with Crippen LogP contribution < -0.4 is 0 Å². The average molecular weight is 238 g/mol. The van der Waals surface area contributed by atoms with Crippen LogP contribution in [0, 0.1) is 10.8 Å². The van der Waals surface area contributed by atoms with E-state index < -0.39 is 5.60 Å². The van der Waals surface area contributed by atoms with Gasteiger partial charge in [-0.3, -0.25) is 0 Å². The zero-order valence-corrected chi connectivity index (χ0v) is 12.0. The minimum Gasteiger partial charge on any atom is -0.392 e. The molecule has 0 heterocycles. The zero-order valence-electron chi connectivity index (χ0n) is 12.0. The first-order valence-corrected chi connectivity index (χ1v) is 6.27. The lowest BCUT2D eigenvalue weighted by atomic mass is 9.61. The van der Waals surface area contributed by atoms with Gasteiger partial charge in [0.2, 0.25) is 0 Å². The number of aliphatic hydroxyl groups is 2. The molecule has 98 valence electrons. The van der Waals surface area contributed by atoms with Crippen molar-refractivity contribution in [3.05, 3.63) is 23.3 Å². The van der Waals surface area contributed by atoms with Crippen molar-refractivity contribution in [3.8, 4) is 0 Å². The van der Waals surface area contributed by atoms with Crippen LogP contribution >= 0.6 is 0 Å². The van der Waals surface area contributed by atoms with E-state index in [9.17, 15) is 10.2 Å². The minimum absolute atomic E-state index is 0.0415. The van der Waals surface area contributed by atoms with Gasteiger partial charge in [-0.25, -0.2) is 0 Å². The Kier molecular flexibility index (Phi) is 3.62. The van der Waals surface area contributed by atoms with Crippen LogP contribution in [-0.2, 0) is 0 Å². The molecule has 0 amide bonds. The Balaban J connectivity index is 3.30. The maximum absolute atomic E-state index is 11.0. The lowest BCUT2D eigenvalue weighted by Crippen LogP contribution is -2.48. The summed E-state index contributed by atoms with van der Waals surface area (Å²) >= 11 is 0. The highest BCUT2D eigenvalue weighted by atomic mass is 16.3. The molecule has 1 rings (SSSR count). The fraction of sp³-hybridized carbons (Fsp3) is 0.733. The second-order valence-electron chi connectivity index (χ2n) is 7.06. The molecule has 0 aromatic carbocycles. The second-order valence-corrected chi connectivity index (χ2v) is 7.06. The third-order valence-corrected chi connectivity index (χ3v) is 3.67. The molecule has 0 spiro atoms. The number of aliphatic hydroxyl groups excluding tert-OH is 1. The summed E-state index contributed by atoms with van der Waals surface area (Å²) in [6.07, 6.45) is 4.49. The molecule has 17 heavy (non-hydrogen) atoms. The van der Waals surface area contributed by atoms with Gasteiger partial charge < -0.3 is 10.2 Å². The number of hydrogen-bond acceptors (Lipinski definition) is 2. The van der Waals surface area contributed by atoms with E-state index in [1.807, 2.05) is 12.2 Å². The SMILES string of the molecule is CC(C)(C)C1=CC(CO)=CCC1(O)C(C)(C)C. The summed E-state index contributed by atoms with van der Waals surface area (Å²) in [5.74, 6) is 0. The molecular formula is C15H26O2. The molecule has 0 aliphatic heterocycles. The first-order chi connectivity index (χ1) is 7.52. The van der Waals surface area contributed by atoms with Gasteiger partial charge in [-0.2, -0.15) is 0 Å². The van der Waals surface area contributed by atoms with Crippen molar-refractivity contribution in [2.75, 3.05) is 6.61 Å². The van der Waals surface area contributed by atoms with E-state index in [1.54, 1.807) is 0 Å². The Morgan fingerprint density at radius 2 is 1.71 bits per heavy atom. The first kappa shape index (κ1) is 14.5. The molecular weight excluding hydrogens is 212 g/mol. The largest absolute Gasteiger partial charge is 0.392 e. The van der Waals surface area contributed by atoms with Crippen LogP contribution in [0.5, 0.6) is 0 Å². The van der Waals surface area contributed by atoms with Crippen LogP contribution in [0.3, 0.4) is 0 Å². The smallest absolute Gasteiger partial charge is 0.0947 e. The fourth-order valence-electron chi connectivity index (χ4n) is 2.41. The van der Waals surface area contributed by atoms with Gasteiger partial charge in [0, 0.05) is 0 Å². The molecule has 2 heteroatoms. The van der Waals surface area contributed by atoms with Crippen LogP contribution in [0.1, 0.15) is 48.0 Å². The lowest BCUT2D eigenvalue weighted by Gasteiger charge is -2.48. The molecule has 1 unspecified atom stereocenters. The van der Waals surface area contributed by atoms with Crippen LogP contribution in [0.25, 0.3) is 0 Å². The van der Waals surface area contributed by atoms with Crippen molar-refractivity contribution >= 4 is 0 Å². The molecule has 1 aliphatic carbocycles. The summed E-state index contributed by atoms with van der Waals surface area (Å²) in [4.78, 5) is 0. The molecule has 2 N–H and O–H groups in total. The fourth-order valence-corrected chi connectivity index (χ4v) is 2.41. The standard InChI is InChI=1S/C15H26O2/c1-13(2,3)12-9-11(10-16)7-8-15(12,17)14(4,5)6/h7,9,16-17H,8,10H2,1-6H3. The molecule has 0 saturated carbocycles. The average Bonchev–Trinajstić information content (AvgIpc) is 2.15. The lowest BCUT2D eigenvalue weighted by molar-refractivity contribution is -0.0366. The van der Waals surface area contributed by atoms with Gasteiger partial charge >= 0.3 is 0 Å². The van der Waals surface area contributed by atoms with Crippen molar-refractivity contribution in [3.63, 3.8) is 0 Å². The van der Waals surface area contributed by atoms with E-state index in [0.29, 0.717) is 6.42 Å². The number of rotatable bonds is 1. The predicted molar refractivity (Wildman–Crippen MR) is 71.7 cm³/mol. The molecule has 0 radical (unpaired) electrons. The van der Waals surface area contributed by atoms with Crippen molar-refractivity contribution in [1.29, 1.82) is 0 Å². The summed E-state index contributed by atoms with van der Waals surface area (Å²) in [7, 11) is 0. The Morgan fingerprint density at radius 1 is 1.18 bits per heavy atom. The van der Waals surface area contributed by atoms with Crippen molar-refractivity contribution in [2.24, 2.45) is 10.8 Å². The molecule has 2 nitrogen and oxygen atoms in total. The maximum Gasteiger partial charge on any atom is 0.0947 e. The Morgan fingerprint density at radius 3 is 2.06 bits per heavy atom. The Hall–Kier alpha value is -0.600. The van der Waals surface area contributed by atoms with E-state index in [4.69, 9.17) is 0 Å². The summed E-state index contributed by atoms with van der Waals surface area (Å²) < 4.78 is 0. The Bertz CT molecular complexity index is 350. The third-order valence-electron chi connectivity index (χ3n) is 3.67. The summed E-state index contributed by atoms with van der Waals surface area (Å²) in [6, 6.07) is 0. The molecule has 0 aromatic rings. The minimum atomic E-state index is -0.829. The van der Waals surface area contributed by atoms with Crippen LogP contribution in [0.4, 0.5) is 0 Å². The molecule has 0 bridgehead atoms. The van der Waals surface area contributed by atoms with Gasteiger partial charge in [0.1, 0.15) is 0 Å². The van der Waals surface area contributed by atoms with Crippen LogP contribution in [0.15, 0.2) is 23.3 Å². The zero-order chi connectivity index (χ0) is 13.5. The van der Waals surface area contributed by atoms with Gasteiger partial charge in [-0.05, 0) is 28.4 Å². The summed E-state index contributed by atoms with van der Waals surface area (Å²) in [6.45, 7) is 12.5. The van der Waals surface area contributed by atoms with Gasteiger partial charge in [-0.15, -0.1) is 0 Å². The Labute approximate surface area is 105 Å². The highest BCUT2D eigenvalue weighted by Crippen LogP contribution is 2.48. The quantitative estimate of drug-likeness (QED) is 0.737. The summed E-state index contributed by atoms with van der Waals surface area (Å²) in [5.41, 5.74) is 0.775.